The molecule has 0 fully saturated rings. The smallest absolute Gasteiger partial charge is 0.171 e. The lowest BCUT2D eigenvalue weighted by molar-refractivity contribution is 0.614. The minimum Gasteiger partial charge on any atom is -0.357 e. The highest BCUT2D eigenvalue weighted by Gasteiger charge is 2.04. The number of anilines is 1. The molecule has 106 valence electrons. The Labute approximate surface area is 125 Å². The lowest BCUT2D eigenvalue weighted by atomic mass is 10.1. The van der Waals surface area contributed by atoms with Crippen LogP contribution >= 0.6 is 12.2 Å². The second-order valence-electron chi connectivity index (χ2n) is 4.76. The first-order chi connectivity index (χ1) is 9.60. The van der Waals surface area contributed by atoms with Gasteiger partial charge in [0, 0.05) is 18.4 Å². The van der Waals surface area contributed by atoms with Crippen LogP contribution in [0.15, 0.2) is 30.5 Å². The van der Waals surface area contributed by atoms with Crippen molar-refractivity contribution in [3.8, 4) is 0 Å². The first-order valence-electron chi connectivity index (χ1n) is 6.73. The van der Waals surface area contributed by atoms with E-state index in [1.54, 1.807) is 6.20 Å². The second kappa shape index (κ2) is 6.52. The summed E-state index contributed by atoms with van der Waals surface area (Å²) in [6, 6.07) is 8.26. The number of aryl methyl sites for hydroxylation is 3. The molecule has 0 radical (unpaired) electrons. The van der Waals surface area contributed by atoms with Crippen molar-refractivity contribution in [3.05, 3.63) is 47.3 Å². The van der Waals surface area contributed by atoms with Gasteiger partial charge in [-0.1, -0.05) is 17.7 Å². The molecule has 0 spiro atoms. The third kappa shape index (κ3) is 3.57. The van der Waals surface area contributed by atoms with Crippen molar-refractivity contribution in [2.45, 2.75) is 33.9 Å². The molecule has 20 heavy (non-hydrogen) atoms. The molecule has 0 saturated heterocycles. The molecule has 1 heterocycles. The number of nitrogens with one attached hydrogen (secondary N) is 2. The molecule has 5 heteroatoms. The van der Waals surface area contributed by atoms with E-state index >= 15 is 0 Å². The Balaban J connectivity index is 1.93. The first-order valence-corrected chi connectivity index (χ1v) is 7.13. The van der Waals surface area contributed by atoms with Gasteiger partial charge in [0.2, 0.25) is 0 Å². The molecule has 2 aromatic rings. The second-order valence-corrected chi connectivity index (χ2v) is 5.17. The molecule has 1 aromatic heterocycles. The van der Waals surface area contributed by atoms with Gasteiger partial charge in [0.15, 0.2) is 5.11 Å². The molecule has 0 aliphatic rings. The average Bonchev–Trinajstić information content (AvgIpc) is 2.87. The monoisotopic (exact) mass is 288 g/mol. The average molecular weight is 288 g/mol. The highest BCUT2D eigenvalue weighted by molar-refractivity contribution is 7.80. The van der Waals surface area contributed by atoms with Gasteiger partial charge in [-0.3, -0.25) is 4.68 Å². The van der Waals surface area contributed by atoms with Crippen molar-refractivity contribution in [1.82, 2.24) is 15.1 Å². The van der Waals surface area contributed by atoms with Crippen LogP contribution < -0.4 is 10.6 Å². The zero-order valence-electron chi connectivity index (χ0n) is 12.1. The summed E-state index contributed by atoms with van der Waals surface area (Å²) in [6.45, 7) is 7.76. The maximum Gasteiger partial charge on any atom is 0.171 e. The van der Waals surface area contributed by atoms with Crippen LogP contribution in [0.2, 0.25) is 0 Å². The fourth-order valence-electron chi connectivity index (χ4n) is 2.09. The number of hydrogen-bond acceptors (Lipinski definition) is 2. The first kappa shape index (κ1) is 14.5. The Morgan fingerprint density at radius 2 is 2.10 bits per heavy atom. The molecule has 0 saturated carbocycles. The molecular weight excluding hydrogens is 268 g/mol. The van der Waals surface area contributed by atoms with Crippen molar-refractivity contribution in [2.24, 2.45) is 0 Å². The van der Waals surface area contributed by atoms with E-state index in [2.05, 4.69) is 54.7 Å². The molecular formula is C15H20N4S. The van der Waals surface area contributed by atoms with Gasteiger partial charge in [-0.05, 0) is 50.7 Å². The Morgan fingerprint density at radius 3 is 2.80 bits per heavy atom. The van der Waals surface area contributed by atoms with Crippen LogP contribution in [-0.4, -0.2) is 14.9 Å². The predicted octanol–water partition coefficient (Wildman–Crippen LogP) is 3.01. The van der Waals surface area contributed by atoms with Crippen molar-refractivity contribution in [3.63, 3.8) is 0 Å². The Morgan fingerprint density at radius 1 is 1.30 bits per heavy atom. The number of hydrogen-bond donors (Lipinski definition) is 2. The van der Waals surface area contributed by atoms with E-state index in [4.69, 9.17) is 12.2 Å². The minimum absolute atomic E-state index is 0.626. The third-order valence-electron chi connectivity index (χ3n) is 3.16. The largest absolute Gasteiger partial charge is 0.357 e. The number of nitrogens with zero attached hydrogens (tertiary/aromatic N) is 2. The summed E-state index contributed by atoms with van der Waals surface area (Å²) >= 11 is 5.33. The summed E-state index contributed by atoms with van der Waals surface area (Å²) in [4.78, 5) is 0. The Kier molecular flexibility index (Phi) is 4.74. The SMILES string of the molecule is CCn1nccc1CNC(=S)Nc1ccc(C)cc1C. The van der Waals surface area contributed by atoms with Crippen molar-refractivity contribution >= 4 is 23.0 Å². The maximum atomic E-state index is 5.33. The summed E-state index contributed by atoms with van der Waals surface area (Å²) < 4.78 is 1.95. The van der Waals surface area contributed by atoms with Crippen molar-refractivity contribution in [1.29, 1.82) is 0 Å². The van der Waals surface area contributed by atoms with Crippen LogP contribution in [0.25, 0.3) is 0 Å². The Bertz CT molecular complexity index is 604. The zero-order chi connectivity index (χ0) is 14.5. The van der Waals surface area contributed by atoms with E-state index in [0.717, 1.165) is 17.9 Å². The molecule has 1 aromatic carbocycles. The van der Waals surface area contributed by atoms with Crippen LogP contribution in [-0.2, 0) is 13.1 Å². The third-order valence-corrected chi connectivity index (χ3v) is 3.41. The molecule has 0 unspecified atom stereocenters. The maximum absolute atomic E-state index is 5.33. The molecule has 0 amide bonds. The van der Waals surface area contributed by atoms with E-state index in [1.807, 2.05) is 10.7 Å². The molecule has 4 nitrogen and oxygen atoms in total. The van der Waals surface area contributed by atoms with Gasteiger partial charge in [0.1, 0.15) is 0 Å². The fraction of sp³-hybridized carbons (Fsp3) is 0.333. The van der Waals surface area contributed by atoms with Gasteiger partial charge < -0.3 is 10.6 Å². The standard InChI is InChI=1S/C15H20N4S/c1-4-19-13(7-8-17-19)10-16-15(20)18-14-6-5-11(2)9-12(14)3/h5-9H,4,10H2,1-3H3,(H2,16,18,20). The van der Waals surface area contributed by atoms with Gasteiger partial charge in [-0.25, -0.2) is 0 Å². The number of rotatable bonds is 4. The van der Waals surface area contributed by atoms with Crippen LogP contribution in [0.1, 0.15) is 23.7 Å². The zero-order valence-corrected chi connectivity index (χ0v) is 12.9. The number of thiocarbonyl (C=S) groups is 1. The molecule has 0 aliphatic carbocycles. The van der Waals surface area contributed by atoms with E-state index in [0.29, 0.717) is 11.7 Å². The lowest BCUT2D eigenvalue weighted by Gasteiger charge is -2.13. The summed E-state index contributed by atoms with van der Waals surface area (Å²) in [5.74, 6) is 0. The van der Waals surface area contributed by atoms with Crippen molar-refractivity contribution < 1.29 is 0 Å². The molecule has 0 bridgehead atoms. The van der Waals surface area contributed by atoms with Crippen LogP contribution in [0.5, 0.6) is 0 Å². The van der Waals surface area contributed by atoms with Crippen molar-refractivity contribution in [2.75, 3.05) is 5.32 Å². The highest BCUT2D eigenvalue weighted by Crippen LogP contribution is 2.15. The number of aromatic nitrogens is 2. The normalized spacial score (nSPS) is 10.3. The summed E-state index contributed by atoms with van der Waals surface area (Å²) in [6.07, 6.45) is 1.81. The predicted molar refractivity (Wildman–Crippen MR) is 86.9 cm³/mol. The van der Waals surface area contributed by atoms with Gasteiger partial charge >= 0.3 is 0 Å². The quantitative estimate of drug-likeness (QED) is 0.849. The molecule has 0 aliphatic heterocycles. The minimum atomic E-state index is 0.626. The van der Waals surface area contributed by atoms with Crippen LogP contribution in [0.3, 0.4) is 0 Å². The number of benzene rings is 1. The van der Waals surface area contributed by atoms with Crippen LogP contribution in [0.4, 0.5) is 5.69 Å². The molecule has 2 rings (SSSR count). The van der Waals surface area contributed by atoms with Gasteiger partial charge in [0.05, 0.1) is 12.2 Å². The van der Waals surface area contributed by atoms with E-state index in [1.165, 1.54) is 11.1 Å². The summed E-state index contributed by atoms with van der Waals surface area (Å²) in [5, 5.41) is 11.3. The van der Waals surface area contributed by atoms with Gasteiger partial charge in [-0.2, -0.15) is 5.10 Å². The lowest BCUT2D eigenvalue weighted by Crippen LogP contribution is -2.29. The fourth-order valence-corrected chi connectivity index (χ4v) is 2.27. The van der Waals surface area contributed by atoms with Crippen LogP contribution in [0, 0.1) is 13.8 Å². The Hall–Kier alpha value is -1.88. The van der Waals surface area contributed by atoms with E-state index in [-0.39, 0.29) is 0 Å². The molecule has 2 N–H and O–H groups in total. The molecule has 0 atom stereocenters. The van der Waals surface area contributed by atoms with Gasteiger partial charge in [0.25, 0.3) is 0 Å². The summed E-state index contributed by atoms with van der Waals surface area (Å²) in [5.41, 5.74) is 4.60. The highest BCUT2D eigenvalue weighted by atomic mass is 32.1. The van der Waals surface area contributed by atoms with Gasteiger partial charge in [-0.15, -0.1) is 0 Å². The topological polar surface area (TPSA) is 41.9 Å². The van der Waals surface area contributed by atoms with E-state index in [9.17, 15) is 0 Å². The summed E-state index contributed by atoms with van der Waals surface area (Å²) in [7, 11) is 0. The van der Waals surface area contributed by atoms with E-state index < -0.39 is 0 Å².